The minimum Gasteiger partial charge on any atom is -0.323 e. The summed E-state index contributed by atoms with van der Waals surface area (Å²) in [7, 11) is 0. The second kappa shape index (κ2) is 7.05. The Kier molecular flexibility index (Phi) is 4.80. The number of rotatable bonds is 4. The van der Waals surface area contributed by atoms with E-state index < -0.39 is 5.54 Å². The van der Waals surface area contributed by atoms with Gasteiger partial charge in [0.05, 0.1) is 6.67 Å². The number of amides is 3. The maximum atomic E-state index is 12.8. The second-order valence-corrected chi connectivity index (χ2v) is 8.25. The van der Waals surface area contributed by atoms with E-state index in [2.05, 4.69) is 31.9 Å². The van der Waals surface area contributed by atoms with Crippen molar-refractivity contribution in [3.8, 4) is 0 Å². The lowest BCUT2D eigenvalue weighted by molar-refractivity contribution is -0.134. The number of hydrogen-bond acceptors (Lipinski definition) is 5. The summed E-state index contributed by atoms with van der Waals surface area (Å²) in [4.78, 5) is 31.3. The van der Waals surface area contributed by atoms with Gasteiger partial charge in [0, 0.05) is 32.7 Å². The molecule has 1 aromatic rings. The van der Waals surface area contributed by atoms with Crippen LogP contribution in [0, 0.1) is 0 Å². The highest BCUT2D eigenvalue weighted by Crippen LogP contribution is 2.33. The van der Waals surface area contributed by atoms with Crippen LogP contribution < -0.4 is 5.32 Å². The van der Waals surface area contributed by atoms with E-state index in [0.29, 0.717) is 6.67 Å². The number of urea groups is 1. The molecule has 1 spiro atoms. The lowest BCUT2D eigenvalue weighted by atomic mass is 9.82. The second-order valence-electron chi connectivity index (χ2n) is 7.47. The Balaban J connectivity index is 1.31. The van der Waals surface area contributed by atoms with Gasteiger partial charge >= 0.3 is 6.03 Å². The molecule has 2 aliphatic heterocycles. The first-order valence-electron chi connectivity index (χ1n) is 9.26. The third-order valence-corrected chi connectivity index (χ3v) is 6.48. The summed E-state index contributed by atoms with van der Waals surface area (Å²) in [6.07, 6.45) is 4.81. The molecule has 3 fully saturated rings. The Morgan fingerprint density at radius 1 is 1.04 bits per heavy atom. The Morgan fingerprint density at radius 2 is 1.76 bits per heavy atom. The van der Waals surface area contributed by atoms with Crippen LogP contribution in [0.4, 0.5) is 4.79 Å². The van der Waals surface area contributed by atoms with Gasteiger partial charge in [-0.3, -0.25) is 14.6 Å². The van der Waals surface area contributed by atoms with Crippen molar-refractivity contribution in [1.29, 1.82) is 0 Å². The molecule has 6 nitrogen and oxygen atoms in total. The van der Waals surface area contributed by atoms with Crippen molar-refractivity contribution in [2.45, 2.75) is 44.2 Å². The average molecular weight is 362 g/mol. The summed E-state index contributed by atoms with van der Waals surface area (Å²) in [6.45, 7) is 5.17. The van der Waals surface area contributed by atoms with Gasteiger partial charge in [-0.2, -0.15) is 11.3 Å². The van der Waals surface area contributed by atoms with Crippen LogP contribution in [0.3, 0.4) is 0 Å². The van der Waals surface area contributed by atoms with E-state index in [1.807, 2.05) is 0 Å². The third kappa shape index (κ3) is 3.45. The van der Waals surface area contributed by atoms with E-state index in [1.165, 1.54) is 10.5 Å². The van der Waals surface area contributed by atoms with Crippen LogP contribution in [0.15, 0.2) is 16.8 Å². The molecular formula is C18H26N4O2S. The van der Waals surface area contributed by atoms with Crippen molar-refractivity contribution in [3.63, 3.8) is 0 Å². The number of imide groups is 1. The van der Waals surface area contributed by atoms with E-state index in [4.69, 9.17) is 0 Å². The molecule has 3 aliphatic rings. The minimum absolute atomic E-state index is 0.00194. The highest BCUT2D eigenvalue weighted by Gasteiger charge is 2.51. The van der Waals surface area contributed by atoms with Gasteiger partial charge in [0.2, 0.25) is 0 Å². The zero-order chi connectivity index (χ0) is 17.3. The number of carbonyl (C=O) groups is 2. The van der Waals surface area contributed by atoms with Crippen LogP contribution >= 0.6 is 11.3 Å². The molecule has 7 heteroatoms. The van der Waals surface area contributed by atoms with Crippen molar-refractivity contribution < 1.29 is 9.59 Å². The molecule has 0 atom stereocenters. The normalized spacial score (nSPS) is 24.9. The first-order chi connectivity index (χ1) is 12.2. The van der Waals surface area contributed by atoms with Gasteiger partial charge < -0.3 is 5.32 Å². The summed E-state index contributed by atoms with van der Waals surface area (Å²) in [5.41, 5.74) is 0.766. The monoisotopic (exact) mass is 362 g/mol. The molecule has 1 aliphatic carbocycles. The Hall–Kier alpha value is -1.44. The fourth-order valence-corrected chi connectivity index (χ4v) is 4.89. The van der Waals surface area contributed by atoms with Gasteiger partial charge in [0.25, 0.3) is 5.91 Å². The van der Waals surface area contributed by atoms with Crippen LogP contribution in [0.2, 0.25) is 0 Å². The highest BCUT2D eigenvalue weighted by atomic mass is 32.1. The zero-order valence-corrected chi connectivity index (χ0v) is 15.4. The largest absolute Gasteiger partial charge is 0.326 e. The van der Waals surface area contributed by atoms with E-state index >= 15 is 0 Å². The summed E-state index contributed by atoms with van der Waals surface area (Å²) in [5.74, 6) is -0.00194. The number of carbonyl (C=O) groups excluding carboxylic acids is 2. The molecule has 0 bridgehead atoms. The van der Waals surface area contributed by atoms with Crippen molar-refractivity contribution in [2.24, 2.45) is 0 Å². The quantitative estimate of drug-likeness (QED) is 0.833. The van der Waals surface area contributed by atoms with E-state index in [9.17, 15) is 9.59 Å². The molecule has 25 heavy (non-hydrogen) atoms. The maximum Gasteiger partial charge on any atom is 0.326 e. The third-order valence-electron chi connectivity index (χ3n) is 5.75. The van der Waals surface area contributed by atoms with E-state index in [0.717, 1.165) is 64.8 Å². The lowest BCUT2D eigenvalue weighted by Crippen LogP contribution is -2.52. The van der Waals surface area contributed by atoms with Gasteiger partial charge in [-0.25, -0.2) is 9.69 Å². The molecule has 3 heterocycles. The predicted molar refractivity (Wildman–Crippen MR) is 97.2 cm³/mol. The molecule has 0 radical (unpaired) electrons. The summed E-state index contributed by atoms with van der Waals surface area (Å²) >= 11 is 1.74. The van der Waals surface area contributed by atoms with Gasteiger partial charge in [-0.05, 0) is 35.2 Å². The molecule has 1 N–H and O–H groups in total. The number of hydrogen-bond donors (Lipinski definition) is 1. The first-order valence-corrected chi connectivity index (χ1v) is 10.2. The molecule has 0 unspecified atom stereocenters. The van der Waals surface area contributed by atoms with Gasteiger partial charge in [0.1, 0.15) is 5.54 Å². The van der Waals surface area contributed by atoms with Crippen LogP contribution in [0.5, 0.6) is 0 Å². The maximum absolute atomic E-state index is 12.8. The first kappa shape index (κ1) is 17.0. The number of nitrogens with zero attached hydrogens (tertiary/aromatic N) is 3. The molecule has 2 saturated heterocycles. The summed E-state index contributed by atoms with van der Waals surface area (Å²) < 4.78 is 0. The molecule has 0 aromatic carbocycles. The standard InChI is InChI=1S/C18H26N4O2S/c23-16-18(5-2-1-3-6-18)19-17(24)22(16)14-21-9-7-20(8-10-21)12-15-4-11-25-13-15/h4,11,13H,1-3,5-10,12,14H2,(H,19,24). The van der Waals surface area contributed by atoms with E-state index in [1.54, 1.807) is 11.3 Å². The zero-order valence-electron chi connectivity index (χ0n) is 14.6. The fourth-order valence-electron chi connectivity index (χ4n) is 4.23. The Labute approximate surface area is 152 Å². The Morgan fingerprint density at radius 3 is 2.44 bits per heavy atom. The summed E-state index contributed by atoms with van der Waals surface area (Å²) in [6, 6.07) is 1.97. The smallest absolute Gasteiger partial charge is 0.323 e. The fraction of sp³-hybridized carbons (Fsp3) is 0.667. The van der Waals surface area contributed by atoms with Gasteiger partial charge in [0.15, 0.2) is 0 Å². The number of thiophene rings is 1. The molecular weight excluding hydrogens is 336 g/mol. The molecule has 4 rings (SSSR count). The predicted octanol–water partition coefficient (Wildman–Crippen LogP) is 2.08. The SMILES string of the molecule is O=C1NC2(CCCCC2)C(=O)N1CN1CCN(Cc2ccsc2)CC1. The highest BCUT2D eigenvalue weighted by molar-refractivity contribution is 7.07. The Bertz CT molecular complexity index is 619. The van der Waals surface area contributed by atoms with E-state index in [-0.39, 0.29) is 11.9 Å². The molecule has 1 saturated carbocycles. The summed E-state index contributed by atoms with van der Waals surface area (Å²) in [5, 5.41) is 7.31. The molecule has 1 aromatic heterocycles. The van der Waals surface area contributed by atoms with Crippen LogP contribution in [0.1, 0.15) is 37.7 Å². The van der Waals surface area contributed by atoms with Gasteiger partial charge in [-0.15, -0.1) is 0 Å². The molecule has 3 amide bonds. The minimum atomic E-state index is -0.601. The number of piperazine rings is 1. The number of nitrogens with one attached hydrogen (secondary N) is 1. The van der Waals surface area contributed by atoms with Crippen molar-refractivity contribution in [3.05, 3.63) is 22.4 Å². The van der Waals surface area contributed by atoms with Crippen LogP contribution in [0.25, 0.3) is 0 Å². The lowest BCUT2D eigenvalue weighted by Gasteiger charge is -2.36. The average Bonchev–Trinajstić information content (AvgIpc) is 3.20. The van der Waals surface area contributed by atoms with Crippen molar-refractivity contribution in [2.75, 3.05) is 32.8 Å². The van der Waals surface area contributed by atoms with Crippen molar-refractivity contribution in [1.82, 2.24) is 20.0 Å². The van der Waals surface area contributed by atoms with Crippen LogP contribution in [-0.2, 0) is 11.3 Å². The van der Waals surface area contributed by atoms with Crippen molar-refractivity contribution >= 4 is 23.3 Å². The van der Waals surface area contributed by atoms with Gasteiger partial charge in [-0.1, -0.05) is 19.3 Å². The molecule has 136 valence electrons. The van der Waals surface area contributed by atoms with Crippen LogP contribution in [-0.4, -0.2) is 65.0 Å². The topological polar surface area (TPSA) is 55.9 Å².